The monoisotopic (exact) mass is 1150 g/mol. The molecule has 7 nitrogen and oxygen atoms in total. The fraction of sp³-hybridized carbons (Fsp3) is 0.131. The number of pyridine rings is 2. The van der Waals surface area contributed by atoms with Gasteiger partial charge in [0.05, 0.1) is 28.0 Å². The van der Waals surface area contributed by atoms with Gasteiger partial charge in [-0.25, -0.2) is 0 Å². The molecule has 0 atom stereocenters. The zero-order chi connectivity index (χ0) is 47.2. The second-order valence-corrected chi connectivity index (χ2v) is 30.6. The van der Waals surface area contributed by atoms with E-state index in [1.165, 1.54) is 26.2 Å². The third kappa shape index (κ3) is 7.75. The molecule has 9 heteroatoms. The van der Waals surface area contributed by atoms with E-state index in [2.05, 4.69) is 200 Å². The van der Waals surface area contributed by atoms with Crippen LogP contribution >= 0.6 is 0 Å². The van der Waals surface area contributed by atoms with Gasteiger partial charge in [0.15, 0.2) is 0 Å². The molecule has 0 saturated heterocycles. The molecule has 13 rings (SSSR count). The van der Waals surface area contributed by atoms with E-state index in [0.29, 0.717) is 5.71 Å². The zero-order valence-electron chi connectivity index (χ0n) is 40.1. The molecule has 13 aromatic rings. The predicted molar refractivity (Wildman–Crippen MR) is 287 cm³/mol. The van der Waals surface area contributed by atoms with E-state index >= 15 is 0 Å². The van der Waals surface area contributed by atoms with Crippen molar-refractivity contribution in [3.8, 4) is 39.5 Å². The Morgan fingerprint density at radius 3 is 1.99 bits per heavy atom. The minimum atomic E-state index is -1.87. The van der Waals surface area contributed by atoms with E-state index in [9.17, 15) is 0 Å². The molecular formula is C61H49GeIrN5O2-2. The zero-order valence-corrected chi connectivity index (χ0v) is 44.5. The fourth-order valence-corrected chi connectivity index (χ4v) is 11.8. The van der Waals surface area contributed by atoms with Crippen LogP contribution in [-0.4, -0.2) is 37.4 Å². The number of para-hydroxylation sites is 3. The number of rotatable bonds is 5. The van der Waals surface area contributed by atoms with Crippen LogP contribution < -0.4 is 4.40 Å². The molecule has 6 aromatic heterocycles. The van der Waals surface area contributed by atoms with E-state index in [1.807, 2.05) is 36.5 Å². The largest absolute Gasteiger partial charge is 0.501 e. The van der Waals surface area contributed by atoms with Crippen molar-refractivity contribution in [2.45, 2.75) is 43.5 Å². The molecule has 0 N–H and O–H groups in total. The quantitative estimate of drug-likeness (QED) is 0.127. The maximum absolute atomic E-state index is 6.63. The van der Waals surface area contributed by atoms with E-state index < -0.39 is 13.3 Å². The first-order valence-corrected chi connectivity index (χ1v) is 30.8. The molecule has 0 aliphatic heterocycles. The molecule has 0 aliphatic carbocycles. The molecule has 0 spiro atoms. The molecule has 0 aliphatic rings. The summed E-state index contributed by atoms with van der Waals surface area (Å²) in [4.78, 5) is 14.7. The first-order valence-electron chi connectivity index (χ1n) is 23.5. The third-order valence-corrected chi connectivity index (χ3v) is 17.7. The number of aromatic nitrogens is 5. The maximum Gasteiger partial charge on any atom is 0.121 e. The molecule has 0 bridgehead atoms. The van der Waals surface area contributed by atoms with Crippen molar-refractivity contribution in [1.29, 1.82) is 0 Å². The van der Waals surface area contributed by atoms with Crippen molar-refractivity contribution < 1.29 is 28.9 Å². The Hall–Kier alpha value is -7.10. The second kappa shape index (κ2) is 17.4. The smallest absolute Gasteiger partial charge is 0.121 e. The Labute approximate surface area is 422 Å². The standard InChI is InChI=1S/C38H24N3O.C23H25GeN2O.Ir/c1-40-33-16-7-5-12-27(33)28-21-19-26(23-35(28)40)41-34-17-8-6-15-32(34)39-38(41)31-14-9-13-30-29-20-18-25(22-36(29)42-37(30)31)24-10-3-2-4-11-24;1-23(2,3)20-13-11-17-16-8-7-9-18(21(16)27-22(17)26-20)19-12-10-15(14-25-19)24(4,5)6;/h2-13,15-23H,1H3;7-8,10-14H,1-6H3;/q2*-1;. The van der Waals surface area contributed by atoms with Gasteiger partial charge in [-0.05, 0) is 47.5 Å². The molecule has 0 fully saturated rings. The van der Waals surface area contributed by atoms with Gasteiger partial charge in [0.25, 0.3) is 0 Å². The molecule has 0 amide bonds. The number of imidazole rings is 1. The summed E-state index contributed by atoms with van der Waals surface area (Å²) in [5.41, 5.74) is 14.5. The normalized spacial score (nSPS) is 12.1. The van der Waals surface area contributed by atoms with E-state index in [-0.39, 0.29) is 25.5 Å². The number of furan rings is 2. The Balaban J connectivity index is 0.000000166. The molecule has 1 radical (unpaired) electrons. The van der Waals surface area contributed by atoms with Crippen LogP contribution in [0.3, 0.4) is 0 Å². The van der Waals surface area contributed by atoms with Gasteiger partial charge in [-0.1, -0.05) is 89.8 Å². The summed E-state index contributed by atoms with van der Waals surface area (Å²) in [6.07, 6.45) is 2.03. The van der Waals surface area contributed by atoms with Crippen molar-refractivity contribution in [2.75, 3.05) is 0 Å². The Bertz CT molecular complexity index is 4110. The van der Waals surface area contributed by atoms with Crippen molar-refractivity contribution in [3.63, 3.8) is 0 Å². The molecule has 7 aromatic carbocycles. The molecule has 0 unspecified atom stereocenters. The van der Waals surface area contributed by atoms with E-state index in [0.717, 1.165) is 94.5 Å². The van der Waals surface area contributed by atoms with Gasteiger partial charge in [-0.2, -0.15) is 0 Å². The van der Waals surface area contributed by atoms with Gasteiger partial charge in [0.1, 0.15) is 5.58 Å². The molecular weight excluding hydrogens is 1100 g/mol. The van der Waals surface area contributed by atoms with E-state index in [1.54, 1.807) is 0 Å². The average molecular weight is 1150 g/mol. The fourth-order valence-electron chi connectivity index (χ4n) is 9.68. The average Bonchev–Trinajstić information content (AvgIpc) is 4.13. The number of nitrogens with zero attached hydrogens (tertiary/aromatic N) is 5. The summed E-state index contributed by atoms with van der Waals surface area (Å²) in [6.45, 7) is 6.48. The Morgan fingerprint density at radius 2 is 1.23 bits per heavy atom. The summed E-state index contributed by atoms with van der Waals surface area (Å²) in [5, 5.41) is 6.73. The van der Waals surface area contributed by atoms with Crippen LogP contribution in [0.15, 0.2) is 179 Å². The SMILES string of the molecule is CC(C)(C)c1ccc2c(n1)oc1c(-c3cc[c]([Ge]([CH3])([CH3])[CH3])cn3)[c-]ccc12.Cn1c2ccccc2c2ccc(-n3c(-c4[c-]ccc5c4oc4cc(-c6ccccc6)ccc45)nc4ccccc43)cc21.[Ir]. The summed E-state index contributed by atoms with van der Waals surface area (Å²) in [5.74, 6) is 7.94. The van der Waals surface area contributed by atoms with Gasteiger partial charge in [-0.3, -0.25) is 4.98 Å². The summed E-state index contributed by atoms with van der Waals surface area (Å²) >= 11 is -1.87. The van der Waals surface area contributed by atoms with Crippen LogP contribution in [0.4, 0.5) is 0 Å². The maximum atomic E-state index is 6.63. The third-order valence-electron chi connectivity index (χ3n) is 13.4. The topological polar surface area (TPSA) is 74.8 Å². The van der Waals surface area contributed by atoms with Crippen molar-refractivity contribution in [1.82, 2.24) is 24.1 Å². The van der Waals surface area contributed by atoms with Crippen LogP contribution in [-0.2, 0) is 32.6 Å². The number of aryl methyl sites for hydroxylation is 1. The van der Waals surface area contributed by atoms with Crippen LogP contribution in [0.25, 0.3) is 116 Å². The Morgan fingerprint density at radius 1 is 0.557 bits per heavy atom. The van der Waals surface area contributed by atoms with E-state index in [4.69, 9.17) is 23.8 Å². The van der Waals surface area contributed by atoms with Gasteiger partial charge < -0.3 is 13.6 Å². The molecule has 0 saturated carbocycles. The predicted octanol–water partition coefficient (Wildman–Crippen LogP) is 15.4. The van der Waals surface area contributed by atoms with Gasteiger partial charge >= 0.3 is 163 Å². The van der Waals surface area contributed by atoms with Crippen LogP contribution in [0.1, 0.15) is 26.5 Å². The minimum absolute atomic E-state index is 0. The Kier molecular flexibility index (Phi) is 11.3. The van der Waals surface area contributed by atoms with Crippen molar-refractivity contribution in [2.24, 2.45) is 7.05 Å². The molecule has 70 heavy (non-hydrogen) atoms. The summed E-state index contributed by atoms with van der Waals surface area (Å²) in [6, 6.07) is 63.8. The van der Waals surface area contributed by atoms with Gasteiger partial charge in [0, 0.05) is 54.5 Å². The molecule has 345 valence electrons. The van der Waals surface area contributed by atoms with Crippen molar-refractivity contribution >= 4 is 94.5 Å². The second-order valence-electron chi connectivity index (χ2n) is 20.0. The van der Waals surface area contributed by atoms with Gasteiger partial charge in [-0.15, -0.1) is 18.2 Å². The van der Waals surface area contributed by atoms with Crippen LogP contribution in [0.5, 0.6) is 0 Å². The number of hydrogen-bond acceptors (Lipinski definition) is 5. The van der Waals surface area contributed by atoms with Crippen molar-refractivity contribution in [3.05, 3.63) is 188 Å². The first kappa shape index (κ1) is 45.4. The number of benzene rings is 7. The van der Waals surface area contributed by atoms with Gasteiger partial charge in [0.2, 0.25) is 0 Å². The summed E-state index contributed by atoms with van der Waals surface area (Å²) in [7, 11) is 2.13. The number of fused-ring (bicyclic) bond motifs is 10. The number of hydrogen-bond donors (Lipinski definition) is 0. The van der Waals surface area contributed by atoms with Crippen LogP contribution in [0.2, 0.25) is 17.3 Å². The first-order chi connectivity index (χ1) is 33.4. The molecule has 6 heterocycles. The minimum Gasteiger partial charge on any atom is -0.501 e. The van der Waals surface area contributed by atoms with Crippen LogP contribution in [0, 0.1) is 12.1 Å². The summed E-state index contributed by atoms with van der Waals surface area (Å²) < 4.78 is 18.7.